The summed E-state index contributed by atoms with van der Waals surface area (Å²) < 4.78 is 5.42. The summed E-state index contributed by atoms with van der Waals surface area (Å²) in [5.74, 6) is 0.857. The Morgan fingerprint density at radius 1 is 1.43 bits per heavy atom. The Labute approximate surface area is 83.7 Å². The van der Waals surface area contributed by atoms with Crippen molar-refractivity contribution < 1.29 is 4.74 Å². The van der Waals surface area contributed by atoms with Crippen LogP contribution in [0.5, 0.6) is 0 Å². The van der Waals surface area contributed by atoms with Gasteiger partial charge in [-0.15, -0.1) is 0 Å². The van der Waals surface area contributed by atoms with Crippen LogP contribution < -0.4 is 5.32 Å². The fourth-order valence-corrected chi connectivity index (χ4v) is 1.75. The molecule has 0 unspecified atom stereocenters. The van der Waals surface area contributed by atoms with Crippen molar-refractivity contribution in [2.75, 3.05) is 13.7 Å². The van der Waals surface area contributed by atoms with Crippen molar-refractivity contribution >= 4 is 0 Å². The lowest BCUT2D eigenvalue weighted by molar-refractivity contribution is 0.108. The number of fused-ring (bicyclic) bond motifs is 1. The second-order valence-electron chi connectivity index (χ2n) is 3.48. The minimum Gasteiger partial charge on any atom is -0.376 e. The van der Waals surface area contributed by atoms with E-state index in [0.29, 0.717) is 6.61 Å². The van der Waals surface area contributed by atoms with Crippen LogP contribution in [0.1, 0.15) is 22.8 Å². The molecule has 1 N–H and O–H groups in total. The van der Waals surface area contributed by atoms with Crippen molar-refractivity contribution in [3.05, 3.63) is 22.8 Å². The third-order valence-electron chi connectivity index (χ3n) is 2.36. The van der Waals surface area contributed by atoms with Gasteiger partial charge in [-0.3, -0.25) is 0 Å². The summed E-state index contributed by atoms with van der Waals surface area (Å²) in [6, 6.07) is 0. The Balaban J connectivity index is 2.41. The molecule has 1 aliphatic rings. The van der Waals surface area contributed by atoms with Gasteiger partial charge in [-0.05, 0) is 14.0 Å². The first kappa shape index (κ1) is 9.55. The van der Waals surface area contributed by atoms with Crippen LogP contribution in [0.3, 0.4) is 0 Å². The van der Waals surface area contributed by atoms with Gasteiger partial charge in [0.2, 0.25) is 0 Å². The van der Waals surface area contributed by atoms with Gasteiger partial charge in [0.1, 0.15) is 5.82 Å². The highest BCUT2D eigenvalue weighted by molar-refractivity contribution is 5.27. The first-order valence-electron chi connectivity index (χ1n) is 4.89. The number of rotatable bonds is 2. The van der Waals surface area contributed by atoms with Gasteiger partial charge in [-0.25, -0.2) is 9.97 Å². The molecule has 4 heteroatoms. The van der Waals surface area contributed by atoms with Crippen molar-refractivity contribution in [3.8, 4) is 0 Å². The summed E-state index contributed by atoms with van der Waals surface area (Å²) in [4.78, 5) is 8.86. The van der Waals surface area contributed by atoms with Crippen LogP contribution >= 0.6 is 0 Å². The van der Waals surface area contributed by atoms with Crippen molar-refractivity contribution in [1.29, 1.82) is 0 Å². The molecule has 2 rings (SSSR count). The second-order valence-corrected chi connectivity index (χ2v) is 3.48. The average molecular weight is 193 g/mol. The predicted octanol–water partition coefficient (Wildman–Crippen LogP) is 0.577. The number of nitrogens with one attached hydrogen (secondary N) is 1. The number of hydrogen-bond acceptors (Lipinski definition) is 4. The van der Waals surface area contributed by atoms with E-state index in [0.717, 1.165) is 36.8 Å². The van der Waals surface area contributed by atoms with E-state index in [-0.39, 0.29) is 0 Å². The summed E-state index contributed by atoms with van der Waals surface area (Å²) in [5.41, 5.74) is 3.42. The van der Waals surface area contributed by atoms with E-state index >= 15 is 0 Å². The molecule has 0 fully saturated rings. The zero-order chi connectivity index (χ0) is 9.97. The fourth-order valence-electron chi connectivity index (χ4n) is 1.75. The van der Waals surface area contributed by atoms with E-state index in [9.17, 15) is 0 Å². The molecule has 1 aliphatic heterocycles. The molecule has 0 saturated heterocycles. The molecule has 4 nitrogen and oxygen atoms in total. The highest BCUT2D eigenvalue weighted by Crippen LogP contribution is 2.17. The molecule has 0 radical (unpaired) electrons. The fraction of sp³-hybridized carbons (Fsp3) is 0.600. The van der Waals surface area contributed by atoms with Crippen molar-refractivity contribution in [3.63, 3.8) is 0 Å². The van der Waals surface area contributed by atoms with Crippen LogP contribution in [0, 0.1) is 6.92 Å². The Morgan fingerprint density at radius 2 is 2.29 bits per heavy atom. The number of ether oxygens (including phenoxy) is 1. The normalized spacial score (nSPS) is 15.3. The number of aromatic nitrogens is 2. The zero-order valence-electron chi connectivity index (χ0n) is 8.63. The monoisotopic (exact) mass is 193 g/mol. The quantitative estimate of drug-likeness (QED) is 0.746. The molecule has 0 saturated carbocycles. The molecule has 1 aromatic heterocycles. The largest absolute Gasteiger partial charge is 0.376 e. The number of nitrogens with zero attached hydrogens (tertiary/aromatic N) is 2. The van der Waals surface area contributed by atoms with E-state index in [1.54, 1.807) is 0 Å². The molecular formula is C10H15N3O. The third kappa shape index (κ3) is 1.76. The maximum absolute atomic E-state index is 5.42. The lowest BCUT2D eigenvalue weighted by atomic mass is 10.1. The SMILES string of the molecule is CNCc1nc(C)nc2c1COCC2. The van der Waals surface area contributed by atoms with Crippen LogP contribution in [0.15, 0.2) is 0 Å². The molecule has 0 atom stereocenters. The van der Waals surface area contributed by atoms with Crippen LogP contribution in [0.25, 0.3) is 0 Å². The maximum Gasteiger partial charge on any atom is 0.125 e. The second kappa shape index (κ2) is 4.02. The van der Waals surface area contributed by atoms with Crippen molar-refractivity contribution in [2.24, 2.45) is 0 Å². The molecule has 1 aromatic rings. The van der Waals surface area contributed by atoms with E-state index in [1.807, 2.05) is 14.0 Å². The summed E-state index contributed by atoms with van der Waals surface area (Å²) in [6.45, 7) is 4.17. The van der Waals surface area contributed by atoms with Gasteiger partial charge in [0.05, 0.1) is 24.6 Å². The van der Waals surface area contributed by atoms with E-state index in [2.05, 4.69) is 15.3 Å². The Kier molecular flexibility index (Phi) is 2.74. The molecule has 0 aromatic carbocycles. The van der Waals surface area contributed by atoms with Crippen LogP contribution in [-0.4, -0.2) is 23.6 Å². The van der Waals surface area contributed by atoms with Gasteiger partial charge in [-0.2, -0.15) is 0 Å². The first-order valence-corrected chi connectivity index (χ1v) is 4.89. The molecule has 0 aliphatic carbocycles. The number of hydrogen-bond donors (Lipinski definition) is 1. The molecular weight excluding hydrogens is 178 g/mol. The highest BCUT2D eigenvalue weighted by Gasteiger charge is 2.16. The molecule has 0 amide bonds. The topological polar surface area (TPSA) is 47.0 Å². The van der Waals surface area contributed by atoms with Crippen LogP contribution in [-0.2, 0) is 24.3 Å². The molecule has 2 heterocycles. The zero-order valence-corrected chi connectivity index (χ0v) is 8.63. The smallest absolute Gasteiger partial charge is 0.125 e. The van der Waals surface area contributed by atoms with Crippen molar-refractivity contribution in [2.45, 2.75) is 26.5 Å². The Morgan fingerprint density at radius 3 is 3.07 bits per heavy atom. The van der Waals surface area contributed by atoms with Crippen LogP contribution in [0.2, 0.25) is 0 Å². The van der Waals surface area contributed by atoms with Gasteiger partial charge in [0.25, 0.3) is 0 Å². The predicted molar refractivity (Wildman–Crippen MR) is 52.9 cm³/mol. The minimum absolute atomic E-state index is 0.659. The van der Waals surface area contributed by atoms with E-state index < -0.39 is 0 Å². The Bertz CT molecular complexity index is 338. The highest BCUT2D eigenvalue weighted by atomic mass is 16.5. The summed E-state index contributed by atoms with van der Waals surface area (Å²) in [6.07, 6.45) is 0.912. The van der Waals surface area contributed by atoms with E-state index in [1.165, 1.54) is 5.56 Å². The lowest BCUT2D eigenvalue weighted by Crippen LogP contribution is -2.19. The molecule has 0 spiro atoms. The van der Waals surface area contributed by atoms with Gasteiger partial charge in [0.15, 0.2) is 0 Å². The molecule has 0 bridgehead atoms. The first-order chi connectivity index (χ1) is 6.81. The lowest BCUT2D eigenvalue weighted by Gasteiger charge is -2.18. The number of aryl methyl sites for hydroxylation is 1. The van der Waals surface area contributed by atoms with E-state index in [4.69, 9.17) is 4.74 Å². The standard InChI is InChI=1S/C10H15N3O/c1-7-12-9-3-4-14-6-8(9)10(13-7)5-11-2/h11H,3-6H2,1-2H3. The maximum atomic E-state index is 5.42. The van der Waals surface area contributed by atoms with Gasteiger partial charge < -0.3 is 10.1 Å². The molecule has 14 heavy (non-hydrogen) atoms. The minimum atomic E-state index is 0.659. The van der Waals surface area contributed by atoms with Gasteiger partial charge >= 0.3 is 0 Å². The summed E-state index contributed by atoms with van der Waals surface area (Å²) >= 11 is 0. The van der Waals surface area contributed by atoms with Gasteiger partial charge in [0, 0.05) is 18.5 Å². The van der Waals surface area contributed by atoms with Crippen molar-refractivity contribution in [1.82, 2.24) is 15.3 Å². The summed E-state index contributed by atoms with van der Waals surface area (Å²) in [5, 5.41) is 3.12. The molecule has 76 valence electrons. The summed E-state index contributed by atoms with van der Waals surface area (Å²) in [7, 11) is 1.92. The average Bonchev–Trinajstić information content (AvgIpc) is 2.18. The van der Waals surface area contributed by atoms with Gasteiger partial charge in [-0.1, -0.05) is 0 Å². The third-order valence-corrected chi connectivity index (χ3v) is 2.36. The Hall–Kier alpha value is -1.00. The van der Waals surface area contributed by atoms with Crippen LogP contribution in [0.4, 0.5) is 0 Å².